The largest absolute Gasteiger partial charge is 0.368 e. The van der Waals surface area contributed by atoms with Crippen LogP contribution in [0, 0.1) is 5.82 Å². The van der Waals surface area contributed by atoms with Crippen LogP contribution in [0.3, 0.4) is 0 Å². The second-order valence-corrected chi connectivity index (χ2v) is 4.27. The van der Waals surface area contributed by atoms with E-state index < -0.39 is 0 Å². The standard InChI is InChI=1S/C12H21FN4/c1-4-10-11(13)12(16-9-15-10)14-7-5-6-8-17(2)3/h9H,4-8H2,1-3H3,(H,14,15,16). The molecule has 4 nitrogen and oxygen atoms in total. The van der Waals surface area contributed by atoms with Crippen molar-refractivity contribution in [3.05, 3.63) is 17.8 Å². The highest BCUT2D eigenvalue weighted by molar-refractivity contribution is 5.36. The summed E-state index contributed by atoms with van der Waals surface area (Å²) in [6.45, 7) is 3.67. The van der Waals surface area contributed by atoms with E-state index in [1.165, 1.54) is 6.33 Å². The van der Waals surface area contributed by atoms with Gasteiger partial charge < -0.3 is 10.2 Å². The number of anilines is 1. The lowest BCUT2D eigenvalue weighted by molar-refractivity contribution is 0.396. The molecule has 0 unspecified atom stereocenters. The second kappa shape index (κ2) is 7.17. The van der Waals surface area contributed by atoms with Crippen molar-refractivity contribution in [2.24, 2.45) is 0 Å². The van der Waals surface area contributed by atoms with E-state index in [1.807, 2.05) is 21.0 Å². The Morgan fingerprint density at radius 1 is 1.29 bits per heavy atom. The first-order valence-corrected chi connectivity index (χ1v) is 6.03. The fourth-order valence-corrected chi connectivity index (χ4v) is 1.54. The third-order valence-electron chi connectivity index (χ3n) is 2.52. The molecule has 0 atom stereocenters. The van der Waals surface area contributed by atoms with Crippen LogP contribution in [0.15, 0.2) is 6.33 Å². The van der Waals surface area contributed by atoms with E-state index in [2.05, 4.69) is 20.2 Å². The minimum atomic E-state index is -0.317. The van der Waals surface area contributed by atoms with Gasteiger partial charge in [-0.25, -0.2) is 14.4 Å². The summed E-state index contributed by atoms with van der Waals surface area (Å²) in [7, 11) is 4.09. The zero-order chi connectivity index (χ0) is 12.7. The maximum absolute atomic E-state index is 13.7. The Balaban J connectivity index is 2.36. The average molecular weight is 240 g/mol. The van der Waals surface area contributed by atoms with E-state index in [9.17, 15) is 4.39 Å². The van der Waals surface area contributed by atoms with Gasteiger partial charge >= 0.3 is 0 Å². The normalized spacial score (nSPS) is 10.9. The van der Waals surface area contributed by atoms with E-state index in [4.69, 9.17) is 0 Å². The molecule has 0 amide bonds. The van der Waals surface area contributed by atoms with Crippen molar-refractivity contribution in [2.75, 3.05) is 32.5 Å². The first-order chi connectivity index (χ1) is 8.15. The summed E-state index contributed by atoms with van der Waals surface area (Å²) in [5.74, 6) is 0.00399. The second-order valence-electron chi connectivity index (χ2n) is 4.27. The minimum Gasteiger partial charge on any atom is -0.368 e. The van der Waals surface area contributed by atoms with Crippen LogP contribution in [-0.2, 0) is 6.42 Å². The number of nitrogens with one attached hydrogen (secondary N) is 1. The lowest BCUT2D eigenvalue weighted by Gasteiger charge is -2.10. The summed E-state index contributed by atoms with van der Waals surface area (Å²) < 4.78 is 13.7. The highest BCUT2D eigenvalue weighted by Crippen LogP contribution is 2.13. The highest BCUT2D eigenvalue weighted by atomic mass is 19.1. The molecule has 96 valence electrons. The predicted octanol–water partition coefficient (Wildman–Crippen LogP) is 1.93. The van der Waals surface area contributed by atoms with Crippen LogP contribution < -0.4 is 5.32 Å². The zero-order valence-corrected chi connectivity index (χ0v) is 10.8. The maximum Gasteiger partial charge on any atom is 0.186 e. The van der Waals surface area contributed by atoms with Crippen molar-refractivity contribution < 1.29 is 4.39 Å². The lowest BCUT2D eigenvalue weighted by Crippen LogP contribution is -2.14. The summed E-state index contributed by atoms with van der Waals surface area (Å²) in [4.78, 5) is 9.94. The van der Waals surface area contributed by atoms with E-state index >= 15 is 0 Å². The van der Waals surface area contributed by atoms with Crippen molar-refractivity contribution >= 4 is 5.82 Å². The van der Waals surface area contributed by atoms with Gasteiger partial charge in [0.25, 0.3) is 0 Å². The molecule has 1 aromatic heterocycles. The Bertz CT molecular complexity index is 341. The van der Waals surface area contributed by atoms with Gasteiger partial charge in [-0.1, -0.05) is 6.92 Å². The van der Waals surface area contributed by atoms with Crippen LogP contribution in [-0.4, -0.2) is 42.1 Å². The molecule has 1 aromatic rings. The number of hydrogen-bond donors (Lipinski definition) is 1. The molecule has 17 heavy (non-hydrogen) atoms. The fraction of sp³-hybridized carbons (Fsp3) is 0.667. The Morgan fingerprint density at radius 3 is 2.71 bits per heavy atom. The topological polar surface area (TPSA) is 41.1 Å². The van der Waals surface area contributed by atoms with Crippen LogP contribution in [0.1, 0.15) is 25.5 Å². The summed E-state index contributed by atoms with van der Waals surface area (Å²) >= 11 is 0. The first-order valence-electron chi connectivity index (χ1n) is 6.03. The third kappa shape index (κ3) is 4.65. The van der Waals surface area contributed by atoms with E-state index in [-0.39, 0.29) is 5.82 Å². The van der Waals surface area contributed by atoms with Crippen LogP contribution in [0.4, 0.5) is 10.2 Å². The van der Waals surface area contributed by atoms with Crippen LogP contribution in [0.5, 0.6) is 0 Å². The molecular weight excluding hydrogens is 219 g/mol. The number of aromatic nitrogens is 2. The molecule has 0 saturated heterocycles. The van der Waals surface area contributed by atoms with Gasteiger partial charge in [0.15, 0.2) is 11.6 Å². The predicted molar refractivity (Wildman–Crippen MR) is 67.6 cm³/mol. The molecule has 0 aliphatic carbocycles. The van der Waals surface area contributed by atoms with Gasteiger partial charge in [-0.15, -0.1) is 0 Å². The smallest absolute Gasteiger partial charge is 0.186 e. The maximum atomic E-state index is 13.7. The third-order valence-corrected chi connectivity index (χ3v) is 2.52. The van der Waals surface area contributed by atoms with Gasteiger partial charge in [-0.2, -0.15) is 0 Å². The van der Waals surface area contributed by atoms with Gasteiger partial charge in [0.2, 0.25) is 0 Å². The van der Waals surface area contributed by atoms with E-state index in [0.717, 1.165) is 25.9 Å². The molecule has 0 fully saturated rings. The highest BCUT2D eigenvalue weighted by Gasteiger charge is 2.08. The van der Waals surface area contributed by atoms with Gasteiger partial charge in [0, 0.05) is 6.54 Å². The Labute approximate surface area is 102 Å². The van der Waals surface area contributed by atoms with Gasteiger partial charge in [0.1, 0.15) is 6.33 Å². The van der Waals surface area contributed by atoms with Crippen molar-refractivity contribution in [1.29, 1.82) is 0 Å². The van der Waals surface area contributed by atoms with Crippen LogP contribution in [0.25, 0.3) is 0 Å². The fourth-order valence-electron chi connectivity index (χ4n) is 1.54. The summed E-state index contributed by atoms with van der Waals surface area (Å²) in [6, 6.07) is 0. The number of rotatable bonds is 7. The lowest BCUT2D eigenvalue weighted by atomic mass is 10.3. The first kappa shape index (κ1) is 13.8. The summed E-state index contributed by atoms with van der Waals surface area (Å²) in [5, 5.41) is 3.02. The van der Waals surface area contributed by atoms with Crippen LogP contribution >= 0.6 is 0 Å². The van der Waals surface area contributed by atoms with Crippen LogP contribution in [0.2, 0.25) is 0 Å². The Kier molecular flexibility index (Phi) is 5.83. The number of halogens is 1. The molecule has 1 N–H and O–H groups in total. The quantitative estimate of drug-likeness (QED) is 0.739. The molecule has 0 aromatic carbocycles. The van der Waals surface area contributed by atoms with E-state index in [1.54, 1.807) is 0 Å². The van der Waals surface area contributed by atoms with Gasteiger partial charge in [-0.05, 0) is 39.9 Å². The van der Waals surface area contributed by atoms with Gasteiger partial charge in [-0.3, -0.25) is 0 Å². The monoisotopic (exact) mass is 240 g/mol. The van der Waals surface area contributed by atoms with E-state index in [0.29, 0.717) is 17.9 Å². The minimum absolute atomic E-state index is 0.317. The molecule has 1 heterocycles. The molecule has 0 spiro atoms. The molecular formula is C12H21FN4. The SMILES string of the molecule is CCc1ncnc(NCCCCN(C)C)c1F. The summed E-state index contributed by atoms with van der Waals surface area (Å²) in [6.07, 6.45) is 4.09. The molecule has 0 aliphatic rings. The molecule has 1 rings (SSSR count). The van der Waals surface area contributed by atoms with Crippen molar-refractivity contribution in [3.63, 3.8) is 0 Å². The van der Waals surface area contributed by atoms with Crippen molar-refractivity contribution in [3.8, 4) is 0 Å². The average Bonchev–Trinajstić information content (AvgIpc) is 2.30. The molecule has 0 bridgehead atoms. The summed E-state index contributed by atoms with van der Waals surface area (Å²) in [5.41, 5.74) is 0.468. The zero-order valence-electron chi connectivity index (χ0n) is 10.8. The molecule has 0 aliphatic heterocycles. The Morgan fingerprint density at radius 2 is 2.06 bits per heavy atom. The van der Waals surface area contributed by atoms with Gasteiger partial charge in [0.05, 0.1) is 5.69 Å². The number of aryl methyl sites for hydroxylation is 1. The van der Waals surface area contributed by atoms with Crippen molar-refractivity contribution in [2.45, 2.75) is 26.2 Å². The molecule has 5 heteroatoms. The number of nitrogens with zero attached hydrogens (tertiary/aromatic N) is 3. The Hall–Kier alpha value is -1.23. The number of hydrogen-bond acceptors (Lipinski definition) is 4. The molecule has 0 saturated carbocycles. The van der Waals surface area contributed by atoms with Crippen molar-refractivity contribution in [1.82, 2.24) is 14.9 Å². The molecule has 0 radical (unpaired) electrons. The number of unbranched alkanes of at least 4 members (excludes halogenated alkanes) is 1.